The third-order valence-electron chi connectivity index (χ3n) is 7.14. The van der Waals surface area contributed by atoms with Crippen LogP contribution in [0.15, 0.2) is 60.7 Å². The summed E-state index contributed by atoms with van der Waals surface area (Å²) in [6.45, 7) is 10.7. The van der Waals surface area contributed by atoms with E-state index >= 15 is 0 Å². The van der Waals surface area contributed by atoms with Crippen LogP contribution in [0.1, 0.15) is 59.8 Å². The summed E-state index contributed by atoms with van der Waals surface area (Å²) in [5.74, 6) is 7.19. The zero-order valence-corrected chi connectivity index (χ0v) is 22.3. The highest BCUT2D eigenvalue weighted by molar-refractivity contribution is 6.99. The lowest BCUT2D eigenvalue weighted by molar-refractivity contribution is -0.126. The predicted octanol–water partition coefficient (Wildman–Crippen LogP) is 5.32. The van der Waals surface area contributed by atoms with Crippen LogP contribution in [-0.4, -0.2) is 39.8 Å². The van der Waals surface area contributed by atoms with Crippen molar-refractivity contribution in [2.45, 2.75) is 83.1 Å². The van der Waals surface area contributed by atoms with Gasteiger partial charge in [-0.05, 0) is 47.5 Å². The van der Waals surface area contributed by atoms with Crippen LogP contribution in [0.4, 0.5) is 0 Å². The molecule has 4 atom stereocenters. The van der Waals surface area contributed by atoms with Crippen molar-refractivity contribution in [2.75, 3.05) is 13.2 Å². The molecule has 2 aliphatic rings. The van der Waals surface area contributed by atoms with Gasteiger partial charge in [-0.2, -0.15) is 0 Å². The molecular weight excluding hydrogens is 436 g/mol. The first kappa shape index (κ1) is 25.2. The van der Waals surface area contributed by atoms with Crippen molar-refractivity contribution in [3.63, 3.8) is 0 Å². The quantitative estimate of drug-likeness (QED) is 0.308. The van der Waals surface area contributed by atoms with Crippen LogP contribution in [0, 0.1) is 17.8 Å². The van der Waals surface area contributed by atoms with Crippen LogP contribution in [0.3, 0.4) is 0 Å². The third-order valence-corrected chi connectivity index (χ3v) is 12.2. The molecule has 4 heteroatoms. The Labute approximate surface area is 207 Å². The highest BCUT2D eigenvalue weighted by atomic mass is 28.4. The lowest BCUT2D eigenvalue weighted by Crippen LogP contribution is -2.66. The molecule has 2 aromatic carbocycles. The van der Waals surface area contributed by atoms with E-state index in [-0.39, 0.29) is 23.4 Å². The van der Waals surface area contributed by atoms with Crippen LogP contribution >= 0.6 is 0 Å². The van der Waals surface area contributed by atoms with Crippen molar-refractivity contribution in [3.05, 3.63) is 60.7 Å². The molecule has 2 heterocycles. The molecule has 1 saturated heterocycles. The second-order valence-corrected chi connectivity index (χ2v) is 15.1. The molecule has 0 amide bonds. The molecule has 0 aliphatic carbocycles. The van der Waals surface area contributed by atoms with Gasteiger partial charge < -0.3 is 13.9 Å². The molecule has 1 fully saturated rings. The van der Waals surface area contributed by atoms with Crippen LogP contribution < -0.4 is 10.4 Å². The van der Waals surface area contributed by atoms with Gasteiger partial charge in [0.2, 0.25) is 0 Å². The Bertz CT molecular complexity index is 918. The second kappa shape index (κ2) is 11.2. The van der Waals surface area contributed by atoms with Crippen LogP contribution in [0.2, 0.25) is 5.04 Å². The molecule has 0 aromatic heterocycles. The first-order chi connectivity index (χ1) is 16.4. The lowest BCUT2D eigenvalue weighted by atomic mass is 9.94. The predicted molar refractivity (Wildman–Crippen MR) is 142 cm³/mol. The van der Waals surface area contributed by atoms with Crippen molar-refractivity contribution in [2.24, 2.45) is 5.92 Å². The maximum absolute atomic E-state index is 7.05. The number of fused-ring (bicyclic) bond motifs is 1. The van der Waals surface area contributed by atoms with E-state index in [1.54, 1.807) is 0 Å². The summed E-state index contributed by atoms with van der Waals surface area (Å²) in [4.78, 5) is 0. The number of hydrogen-bond acceptors (Lipinski definition) is 3. The lowest BCUT2D eigenvalue weighted by Gasteiger charge is -2.43. The number of hydrogen-bond donors (Lipinski definition) is 0. The average Bonchev–Trinajstić information content (AvgIpc) is 2.82. The normalized spacial score (nSPS) is 25.4. The van der Waals surface area contributed by atoms with E-state index in [0.29, 0.717) is 12.5 Å². The summed E-state index contributed by atoms with van der Waals surface area (Å²) in [6.07, 6.45) is 5.27. The average molecular weight is 477 g/mol. The fourth-order valence-corrected chi connectivity index (χ4v) is 10.1. The molecule has 2 aliphatic heterocycles. The smallest absolute Gasteiger partial charge is 0.261 e. The van der Waals surface area contributed by atoms with Crippen molar-refractivity contribution < 1.29 is 13.9 Å². The molecule has 182 valence electrons. The van der Waals surface area contributed by atoms with E-state index in [1.165, 1.54) is 10.4 Å². The zero-order chi connectivity index (χ0) is 24.0. The molecular formula is C30H40O3Si. The molecule has 0 radical (unpaired) electrons. The van der Waals surface area contributed by atoms with E-state index in [1.807, 2.05) is 0 Å². The van der Waals surface area contributed by atoms with Gasteiger partial charge in [0.15, 0.2) is 0 Å². The summed E-state index contributed by atoms with van der Waals surface area (Å²) < 4.78 is 19.6. The Kier molecular flexibility index (Phi) is 8.32. The van der Waals surface area contributed by atoms with Gasteiger partial charge in [0.25, 0.3) is 8.32 Å². The van der Waals surface area contributed by atoms with Crippen molar-refractivity contribution in [1.82, 2.24) is 0 Å². The maximum atomic E-state index is 7.05. The largest absolute Gasteiger partial charge is 0.407 e. The fourth-order valence-electron chi connectivity index (χ4n) is 5.47. The number of rotatable bonds is 7. The summed E-state index contributed by atoms with van der Waals surface area (Å²) in [5, 5.41) is 2.65. The highest BCUT2D eigenvalue weighted by Gasteiger charge is 2.50. The molecule has 2 aromatic rings. The molecule has 4 rings (SSSR count). The summed E-state index contributed by atoms with van der Waals surface area (Å²) in [5.41, 5.74) is 0. The van der Waals surface area contributed by atoms with Gasteiger partial charge in [0.1, 0.15) is 6.10 Å². The van der Waals surface area contributed by atoms with Gasteiger partial charge >= 0.3 is 0 Å². The van der Waals surface area contributed by atoms with Crippen LogP contribution in [0.25, 0.3) is 0 Å². The van der Waals surface area contributed by atoms with Crippen molar-refractivity contribution in [1.29, 1.82) is 0 Å². The zero-order valence-electron chi connectivity index (χ0n) is 21.3. The maximum Gasteiger partial charge on any atom is 0.261 e. The van der Waals surface area contributed by atoms with Gasteiger partial charge in [-0.15, -0.1) is 0 Å². The van der Waals surface area contributed by atoms with E-state index < -0.39 is 8.32 Å². The fraction of sp³-hybridized carbons (Fsp3) is 0.533. The molecule has 3 nitrogen and oxygen atoms in total. The van der Waals surface area contributed by atoms with Gasteiger partial charge in [-0.3, -0.25) is 0 Å². The molecule has 34 heavy (non-hydrogen) atoms. The van der Waals surface area contributed by atoms with E-state index in [0.717, 1.165) is 38.7 Å². The van der Waals surface area contributed by atoms with E-state index in [2.05, 4.69) is 100 Å². The Morgan fingerprint density at radius 1 is 0.941 bits per heavy atom. The van der Waals surface area contributed by atoms with Crippen molar-refractivity contribution in [3.8, 4) is 11.8 Å². The number of ether oxygens (including phenoxy) is 2. The van der Waals surface area contributed by atoms with Gasteiger partial charge in [0.05, 0.1) is 12.2 Å². The topological polar surface area (TPSA) is 27.7 Å². The molecule has 0 spiro atoms. The monoisotopic (exact) mass is 476 g/mol. The Balaban J connectivity index is 1.50. The second-order valence-electron chi connectivity index (χ2n) is 10.8. The first-order valence-corrected chi connectivity index (χ1v) is 14.8. The summed E-state index contributed by atoms with van der Waals surface area (Å²) >= 11 is 0. The minimum Gasteiger partial charge on any atom is -0.407 e. The summed E-state index contributed by atoms with van der Waals surface area (Å²) in [6, 6.07) is 21.7. The third kappa shape index (κ3) is 5.66. The molecule has 0 unspecified atom stereocenters. The van der Waals surface area contributed by atoms with Gasteiger partial charge in [-0.25, -0.2) is 0 Å². The molecule has 0 N–H and O–H groups in total. The standard InChI is InChI=1S/C30H40O3Si/c1-24-19-20-25(33-28-18-12-21-31-29(28)23-24)13-11-22-32-34(30(2,3)4,26-14-7-5-8-15-26)27-16-9-6-10-17-27/h5-10,14-17,24-25,28-29H,11-13,18,21-23H2,1-4H3/t24-,25+,28-,29+/m0/s1. The Morgan fingerprint density at radius 2 is 1.59 bits per heavy atom. The molecule has 0 saturated carbocycles. The Hall–Kier alpha value is -1.90. The van der Waals surface area contributed by atoms with Gasteiger partial charge in [-0.1, -0.05) is 100 Å². The molecule has 0 bridgehead atoms. The summed E-state index contributed by atoms with van der Waals surface area (Å²) in [7, 11) is -2.49. The Morgan fingerprint density at radius 3 is 2.21 bits per heavy atom. The van der Waals surface area contributed by atoms with Gasteiger partial charge in [0, 0.05) is 19.1 Å². The van der Waals surface area contributed by atoms with Crippen LogP contribution in [0.5, 0.6) is 0 Å². The van der Waals surface area contributed by atoms with Crippen molar-refractivity contribution >= 4 is 18.7 Å². The van der Waals surface area contributed by atoms with Crippen LogP contribution in [-0.2, 0) is 13.9 Å². The highest BCUT2D eigenvalue weighted by Crippen LogP contribution is 2.37. The van der Waals surface area contributed by atoms with E-state index in [9.17, 15) is 0 Å². The van der Waals surface area contributed by atoms with E-state index in [4.69, 9.17) is 13.9 Å². The number of benzene rings is 2. The minimum absolute atomic E-state index is 0.00562. The SMILES string of the molecule is C[C@H]1C#C[C@@H](CCCO[Si](c2ccccc2)(c2ccccc2)C(C)(C)C)O[C@H]2CCCO[C@@H]2C1. The first-order valence-electron chi connectivity index (χ1n) is 12.9. The minimum atomic E-state index is -2.49.